The Kier molecular flexibility index (Phi) is 32.1. The number of carbonyl (C=O) groups excluding carboxylic acids is 2. The first-order chi connectivity index (χ1) is 29.6. The average molecular weight is 849 g/mol. The van der Waals surface area contributed by atoms with Crippen molar-refractivity contribution < 1.29 is 44.6 Å². The van der Waals surface area contributed by atoms with E-state index in [1.54, 1.807) is 6.92 Å². The first kappa shape index (κ1) is 53.6. The van der Waals surface area contributed by atoms with Gasteiger partial charge < -0.3 is 46.1 Å². The topological polar surface area (TPSA) is 192 Å². The zero-order valence-electron chi connectivity index (χ0n) is 35.0. The van der Waals surface area contributed by atoms with Gasteiger partial charge in [0.25, 0.3) is 0 Å². The Hall–Kier alpha value is -5.39. The van der Waals surface area contributed by atoms with Crippen LogP contribution in [0.15, 0.2) is 0 Å². The molecular formula is C49H56N2O9S. The number of hydrogen-bond donors (Lipinski definition) is 7. The molecule has 1 aliphatic rings. The molecule has 0 bridgehead atoms. The van der Waals surface area contributed by atoms with Gasteiger partial charge in [-0.1, -0.05) is 95.8 Å². The van der Waals surface area contributed by atoms with Crippen LogP contribution in [0.3, 0.4) is 0 Å². The zero-order chi connectivity index (χ0) is 44.8. The molecule has 0 aliphatic carbocycles. The monoisotopic (exact) mass is 848 g/mol. The lowest BCUT2D eigenvalue weighted by atomic mass is 9.98. The van der Waals surface area contributed by atoms with Crippen LogP contribution in [0.1, 0.15) is 104 Å². The molecule has 322 valence electrons. The van der Waals surface area contributed by atoms with Crippen LogP contribution in [0.2, 0.25) is 0 Å². The number of nitrogens with two attached hydrogens (primary N) is 1. The van der Waals surface area contributed by atoms with Gasteiger partial charge in [0.2, 0.25) is 11.8 Å². The standard InChI is InChI=1S/C49H56N2O9S/c1-3-5-7-9-11-13-15-17-18-19-20-21-22-23-24-26-28-30-32-34-36-44(54)51-40(37-59-49-48(58)47(57)46(56)42(60-49)38-61-39-43(50)53)45(55)41(52)35-33-31-29-27-25-16-14-12-10-8-6-4-2/h40-42,45-49,52,55-58H,4,6,8,10,12,14,16,25,27,29,31,33,35-39H2,1-2H3,(H2,50,53)(H,51,54)/t40-,41+,42?,45-,46-,47-,48?,49-/m0/s1. The van der Waals surface area contributed by atoms with Gasteiger partial charge >= 0.3 is 0 Å². The molecule has 0 spiro atoms. The van der Waals surface area contributed by atoms with Crippen molar-refractivity contribution in [2.75, 3.05) is 18.1 Å². The Morgan fingerprint density at radius 3 is 1.61 bits per heavy atom. The number of aliphatic hydroxyl groups is 5. The van der Waals surface area contributed by atoms with Crippen molar-refractivity contribution in [2.24, 2.45) is 5.73 Å². The average Bonchev–Trinajstić information content (AvgIpc) is 3.24. The highest BCUT2D eigenvalue weighted by molar-refractivity contribution is 7.99. The van der Waals surface area contributed by atoms with Gasteiger partial charge in [-0.3, -0.25) is 9.59 Å². The third-order valence-electron chi connectivity index (χ3n) is 8.67. The molecular weight excluding hydrogens is 793 g/mol. The van der Waals surface area contributed by atoms with E-state index in [0.29, 0.717) is 6.42 Å². The summed E-state index contributed by atoms with van der Waals surface area (Å²) >= 11 is 1.07. The molecule has 2 amide bonds. The molecule has 1 aliphatic heterocycles. The Bertz CT molecular complexity index is 2020. The quantitative estimate of drug-likeness (QED) is 0.0557. The SMILES string of the molecule is CC#CC#CC#CC#CC#CC#CC#CC#CC#CC#CCC(=O)N[C@@H](CO[C@H]1OC(CSCC(N)=O)[C@H](O)[C@H](O)C1O)[C@H](O)[C@H](O)CCCCCCCCCCCCCC. The van der Waals surface area contributed by atoms with Gasteiger partial charge in [-0.15, -0.1) is 11.8 Å². The highest BCUT2D eigenvalue weighted by Gasteiger charge is 2.44. The number of primary amides is 1. The largest absolute Gasteiger partial charge is 0.390 e. The first-order valence-corrected chi connectivity index (χ1v) is 21.5. The highest BCUT2D eigenvalue weighted by Crippen LogP contribution is 2.25. The second-order valence-electron chi connectivity index (χ2n) is 13.6. The van der Waals surface area contributed by atoms with E-state index >= 15 is 0 Å². The molecule has 0 aromatic heterocycles. The van der Waals surface area contributed by atoms with Crippen LogP contribution >= 0.6 is 11.8 Å². The van der Waals surface area contributed by atoms with Gasteiger partial charge in [0.15, 0.2) is 6.29 Å². The summed E-state index contributed by atoms with van der Waals surface area (Å²) in [6, 6.07) is -1.17. The fraction of sp³-hybridized carbons (Fsp3) is 0.551. The van der Waals surface area contributed by atoms with E-state index < -0.39 is 67.4 Å². The maximum Gasteiger partial charge on any atom is 0.232 e. The second kappa shape index (κ2) is 36.5. The van der Waals surface area contributed by atoms with Crippen molar-refractivity contribution in [1.82, 2.24) is 5.32 Å². The van der Waals surface area contributed by atoms with Gasteiger partial charge in [-0.2, -0.15) is 0 Å². The number of unbranched alkanes of at least 4 members (excludes halogenated alkanes) is 11. The number of rotatable bonds is 24. The van der Waals surface area contributed by atoms with Crippen LogP contribution in [0.4, 0.5) is 0 Å². The number of aliphatic hydroxyl groups excluding tert-OH is 5. The van der Waals surface area contributed by atoms with E-state index in [1.807, 2.05) is 0 Å². The van der Waals surface area contributed by atoms with Gasteiger partial charge in [0, 0.05) is 17.6 Å². The Balaban J connectivity index is 2.80. The molecule has 1 rings (SSSR count). The minimum atomic E-state index is -1.68. The molecule has 0 saturated carbocycles. The fourth-order valence-corrected chi connectivity index (χ4v) is 6.34. The predicted octanol–water partition coefficient (Wildman–Crippen LogP) is 1.77. The summed E-state index contributed by atoms with van der Waals surface area (Å²) in [5, 5.41) is 56.1. The van der Waals surface area contributed by atoms with E-state index in [9.17, 15) is 35.1 Å². The molecule has 61 heavy (non-hydrogen) atoms. The van der Waals surface area contributed by atoms with Crippen LogP contribution in [-0.4, -0.2) is 104 Å². The Morgan fingerprint density at radius 1 is 0.672 bits per heavy atom. The molecule has 2 unspecified atom stereocenters. The molecule has 0 aromatic carbocycles. The molecule has 0 radical (unpaired) electrons. The fourth-order valence-electron chi connectivity index (χ4n) is 5.51. The van der Waals surface area contributed by atoms with Gasteiger partial charge in [0.1, 0.15) is 24.4 Å². The summed E-state index contributed by atoms with van der Waals surface area (Å²) in [6.45, 7) is 3.45. The molecule has 12 heteroatoms. The van der Waals surface area contributed by atoms with Gasteiger partial charge in [-0.25, -0.2) is 0 Å². The van der Waals surface area contributed by atoms with Crippen LogP contribution in [-0.2, 0) is 19.1 Å². The zero-order valence-corrected chi connectivity index (χ0v) is 35.8. The summed E-state index contributed by atoms with van der Waals surface area (Å²) in [5.41, 5.74) is 5.18. The number of thioether (sulfide) groups is 1. The third kappa shape index (κ3) is 27.9. The number of carbonyl (C=O) groups is 2. The maximum atomic E-state index is 12.9. The molecule has 1 saturated heterocycles. The molecule has 1 heterocycles. The number of ether oxygens (including phenoxy) is 2. The maximum absolute atomic E-state index is 12.9. The van der Waals surface area contributed by atoms with Crippen molar-refractivity contribution in [3.05, 3.63) is 0 Å². The Labute approximate surface area is 367 Å². The van der Waals surface area contributed by atoms with Gasteiger partial charge in [-0.05, 0) is 108 Å². The molecule has 1 fully saturated rings. The third-order valence-corrected chi connectivity index (χ3v) is 9.72. The summed E-state index contributed by atoms with van der Waals surface area (Å²) in [4.78, 5) is 24.0. The summed E-state index contributed by atoms with van der Waals surface area (Å²) in [7, 11) is 0. The van der Waals surface area contributed by atoms with E-state index in [2.05, 4.69) is 131 Å². The van der Waals surface area contributed by atoms with Gasteiger partial charge in [0.05, 0.1) is 37.0 Å². The molecule has 0 aromatic rings. The molecule has 11 nitrogen and oxygen atoms in total. The van der Waals surface area contributed by atoms with Crippen molar-refractivity contribution >= 4 is 23.6 Å². The first-order valence-electron chi connectivity index (χ1n) is 20.3. The van der Waals surface area contributed by atoms with Crippen molar-refractivity contribution in [2.45, 2.75) is 153 Å². The van der Waals surface area contributed by atoms with Crippen LogP contribution in [0.5, 0.6) is 0 Å². The summed E-state index contributed by atoms with van der Waals surface area (Å²) in [5.74, 6) is 49.0. The van der Waals surface area contributed by atoms with E-state index in [0.717, 1.165) is 31.0 Å². The van der Waals surface area contributed by atoms with E-state index in [1.165, 1.54) is 51.4 Å². The minimum absolute atomic E-state index is 0.0555. The lowest BCUT2D eigenvalue weighted by Crippen LogP contribution is -2.60. The molecule has 8 N–H and O–H groups in total. The van der Waals surface area contributed by atoms with Crippen LogP contribution in [0.25, 0.3) is 0 Å². The Morgan fingerprint density at radius 2 is 1.13 bits per heavy atom. The number of hydrogen-bond acceptors (Lipinski definition) is 10. The normalized spacial score (nSPS) is 18.1. The van der Waals surface area contributed by atoms with E-state index in [4.69, 9.17) is 15.2 Å². The number of nitrogens with one attached hydrogen (secondary N) is 1. The summed E-state index contributed by atoms with van der Waals surface area (Å²) < 4.78 is 11.4. The lowest BCUT2D eigenvalue weighted by Gasteiger charge is -2.41. The van der Waals surface area contributed by atoms with Crippen molar-refractivity contribution in [1.29, 1.82) is 0 Å². The van der Waals surface area contributed by atoms with E-state index in [-0.39, 0.29) is 24.3 Å². The lowest BCUT2D eigenvalue weighted by molar-refractivity contribution is -0.294. The molecule has 8 atom stereocenters. The predicted molar refractivity (Wildman–Crippen MR) is 237 cm³/mol. The van der Waals surface area contributed by atoms with Crippen LogP contribution < -0.4 is 11.1 Å². The smallest absolute Gasteiger partial charge is 0.232 e. The highest BCUT2D eigenvalue weighted by atomic mass is 32.2. The van der Waals surface area contributed by atoms with Crippen molar-refractivity contribution in [3.63, 3.8) is 0 Å². The van der Waals surface area contributed by atoms with Crippen molar-refractivity contribution in [3.8, 4) is 118 Å². The number of amides is 2. The van der Waals surface area contributed by atoms with Crippen LogP contribution in [0, 0.1) is 118 Å². The summed E-state index contributed by atoms with van der Waals surface area (Å²) in [6.07, 6.45) is 3.69. The second-order valence-corrected chi connectivity index (χ2v) is 14.6. The minimum Gasteiger partial charge on any atom is -0.390 e.